The van der Waals surface area contributed by atoms with E-state index >= 15 is 0 Å². The Morgan fingerprint density at radius 2 is 1.79 bits per heavy atom. The summed E-state index contributed by atoms with van der Waals surface area (Å²) in [6, 6.07) is 13.3. The third kappa shape index (κ3) is 3.90. The number of ether oxygens (including phenoxy) is 1. The molecule has 3 amide bonds. The van der Waals surface area contributed by atoms with Crippen molar-refractivity contribution in [3.63, 3.8) is 0 Å². The molecule has 2 aliphatic heterocycles. The third-order valence-electron chi connectivity index (χ3n) is 6.76. The molecule has 7 nitrogen and oxygen atoms in total. The van der Waals surface area contributed by atoms with Crippen LogP contribution in [0, 0.1) is 23.7 Å². The first kappa shape index (κ1) is 22.3. The van der Waals surface area contributed by atoms with E-state index in [9.17, 15) is 19.2 Å². The molecule has 3 aliphatic rings. The molecule has 34 heavy (non-hydrogen) atoms. The van der Waals surface area contributed by atoms with E-state index in [0.717, 1.165) is 0 Å². The minimum Gasteiger partial charge on any atom is -0.426 e. The van der Waals surface area contributed by atoms with E-state index in [1.165, 1.54) is 15.9 Å². The van der Waals surface area contributed by atoms with Gasteiger partial charge in [-0.05, 0) is 48.7 Å². The zero-order valence-electron chi connectivity index (χ0n) is 18.5. The second-order valence-corrected chi connectivity index (χ2v) is 9.40. The average Bonchev–Trinajstić information content (AvgIpc) is 3.33. The van der Waals surface area contributed by atoms with Crippen molar-refractivity contribution in [2.75, 3.05) is 16.3 Å². The smallest absolute Gasteiger partial charge is 0.316 e. The standard InChI is InChI=1S/C26H23ClN2O5/c1-15-4-2-7-21-23(15)25(32)29(24(21)31)19-5-3-6-20(13-19)34-26(33)16-12-22(30)28(14-16)18-10-8-17(27)9-11-18/h2-6,8-11,13,15-16,21,23H,7,12,14H2,1H3/t15-,16+,21+,23+/m1/s1. The Morgan fingerprint density at radius 3 is 2.53 bits per heavy atom. The van der Waals surface area contributed by atoms with Gasteiger partial charge in [-0.15, -0.1) is 0 Å². The van der Waals surface area contributed by atoms with E-state index in [-0.39, 0.29) is 54.2 Å². The number of esters is 1. The first-order valence-electron chi connectivity index (χ1n) is 11.3. The summed E-state index contributed by atoms with van der Waals surface area (Å²) in [5.41, 5.74) is 1.05. The summed E-state index contributed by atoms with van der Waals surface area (Å²) in [6.07, 6.45) is 4.52. The molecule has 2 aromatic rings. The van der Waals surface area contributed by atoms with Crippen LogP contribution < -0.4 is 14.5 Å². The number of rotatable bonds is 4. The van der Waals surface area contributed by atoms with Gasteiger partial charge >= 0.3 is 5.97 Å². The molecule has 0 unspecified atom stereocenters. The maximum Gasteiger partial charge on any atom is 0.316 e. The summed E-state index contributed by atoms with van der Waals surface area (Å²) in [5.74, 6) is -2.30. The van der Waals surface area contributed by atoms with Crippen molar-refractivity contribution < 1.29 is 23.9 Å². The Labute approximate surface area is 201 Å². The van der Waals surface area contributed by atoms with Crippen LogP contribution in [0.2, 0.25) is 5.02 Å². The Bertz CT molecular complexity index is 1210. The van der Waals surface area contributed by atoms with Gasteiger partial charge in [0, 0.05) is 29.7 Å². The minimum atomic E-state index is -0.628. The zero-order chi connectivity index (χ0) is 24.0. The van der Waals surface area contributed by atoms with E-state index < -0.39 is 11.9 Å². The van der Waals surface area contributed by atoms with Gasteiger partial charge in [-0.1, -0.05) is 36.7 Å². The maximum absolute atomic E-state index is 13.0. The van der Waals surface area contributed by atoms with Gasteiger partial charge in [0.2, 0.25) is 17.7 Å². The molecule has 2 aromatic carbocycles. The fourth-order valence-electron chi connectivity index (χ4n) is 5.02. The van der Waals surface area contributed by atoms with Crippen LogP contribution in [0.15, 0.2) is 60.7 Å². The highest BCUT2D eigenvalue weighted by Gasteiger charge is 2.50. The SMILES string of the molecule is C[C@@H]1C=CC[C@@H]2C(=O)N(c3cccc(OC(=O)[C@H]4CC(=O)N(c5ccc(Cl)cc5)C4)c3)C(=O)[C@@H]12. The second kappa shape index (κ2) is 8.72. The van der Waals surface area contributed by atoms with Crippen LogP contribution >= 0.6 is 11.6 Å². The molecule has 0 radical (unpaired) electrons. The Hall–Kier alpha value is -3.45. The van der Waals surface area contributed by atoms with Crippen LogP contribution in [0.5, 0.6) is 5.75 Å². The van der Waals surface area contributed by atoms with Gasteiger partial charge in [-0.2, -0.15) is 0 Å². The van der Waals surface area contributed by atoms with Crippen LogP contribution in [0.4, 0.5) is 11.4 Å². The Balaban J connectivity index is 1.30. The van der Waals surface area contributed by atoms with E-state index in [2.05, 4.69) is 0 Å². The first-order chi connectivity index (χ1) is 16.3. The number of nitrogens with zero attached hydrogens (tertiary/aromatic N) is 2. The van der Waals surface area contributed by atoms with Gasteiger partial charge in [-0.25, -0.2) is 4.90 Å². The molecule has 2 fully saturated rings. The highest BCUT2D eigenvalue weighted by atomic mass is 35.5. The summed E-state index contributed by atoms with van der Waals surface area (Å²) in [7, 11) is 0. The topological polar surface area (TPSA) is 84.0 Å². The predicted molar refractivity (Wildman–Crippen MR) is 126 cm³/mol. The number of amides is 3. The second-order valence-electron chi connectivity index (χ2n) is 8.97. The fourth-order valence-corrected chi connectivity index (χ4v) is 5.15. The summed E-state index contributed by atoms with van der Waals surface area (Å²) in [6.45, 7) is 2.15. The van der Waals surface area contributed by atoms with Crippen LogP contribution in [-0.2, 0) is 19.2 Å². The molecule has 2 heterocycles. The lowest BCUT2D eigenvalue weighted by molar-refractivity contribution is -0.139. The van der Waals surface area contributed by atoms with Crippen molar-refractivity contribution in [3.05, 3.63) is 65.7 Å². The average molecular weight is 479 g/mol. The van der Waals surface area contributed by atoms with Crippen LogP contribution in [0.25, 0.3) is 0 Å². The molecule has 174 valence electrons. The molecule has 0 bridgehead atoms. The van der Waals surface area contributed by atoms with Gasteiger partial charge in [0.15, 0.2) is 0 Å². The van der Waals surface area contributed by atoms with E-state index in [4.69, 9.17) is 16.3 Å². The highest BCUT2D eigenvalue weighted by Crippen LogP contribution is 2.41. The lowest BCUT2D eigenvalue weighted by Crippen LogP contribution is -2.31. The van der Waals surface area contributed by atoms with Crippen molar-refractivity contribution >= 4 is 46.7 Å². The number of benzene rings is 2. The zero-order valence-corrected chi connectivity index (χ0v) is 19.3. The fraction of sp³-hybridized carbons (Fsp3) is 0.308. The summed E-state index contributed by atoms with van der Waals surface area (Å²) >= 11 is 5.92. The van der Waals surface area contributed by atoms with Crippen molar-refractivity contribution in [2.24, 2.45) is 23.7 Å². The number of hydrogen-bond donors (Lipinski definition) is 0. The lowest BCUT2D eigenvalue weighted by Gasteiger charge is -2.22. The van der Waals surface area contributed by atoms with E-state index in [0.29, 0.717) is 22.8 Å². The number of carbonyl (C=O) groups is 4. The molecule has 0 spiro atoms. The molecule has 5 rings (SSSR count). The lowest BCUT2D eigenvalue weighted by atomic mass is 9.78. The van der Waals surface area contributed by atoms with E-state index in [1.807, 2.05) is 19.1 Å². The van der Waals surface area contributed by atoms with Gasteiger partial charge in [0.05, 0.1) is 23.4 Å². The quantitative estimate of drug-likeness (QED) is 0.287. The molecule has 2 saturated heterocycles. The number of halogens is 1. The number of carbonyl (C=O) groups excluding carboxylic acids is 4. The minimum absolute atomic E-state index is 0.00954. The normalized spacial score (nSPS) is 26.2. The Kier molecular flexibility index (Phi) is 5.73. The van der Waals surface area contributed by atoms with Crippen LogP contribution in [0.3, 0.4) is 0 Å². The molecule has 4 atom stereocenters. The maximum atomic E-state index is 13.0. The number of anilines is 2. The third-order valence-corrected chi connectivity index (χ3v) is 7.02. The molecular formula is C26H23ClN2O5. The molecule has 0 aromatic heterocycles. The number of hydrogen-bond acceptors (Lipinski definition) is 5. The van der Waals surface area contributed by atoms with Crippen molar-refractivity contribution in [2.45, 2.75) is 19.8 Å². The number of fused-ring (bicyclic) bond motifs is 1. The predicted octanol–water partition coefficient (Wildman–Crippen LogP) is 4.00. The highest BCUT2D eigenvalue weighted by molar-refractivity contribution is 6.30. The first-order valence-corrected chi connectivity index (χ1v) is 11.6. The molecule has 1 aliphatic carbocycles. The Morgan fingerprint density at radius 1 is 1.03 bits per heavy atom. The number of imide groups is 1. The number of allylic oxidation sites excluding steroid dienone is 2. The van der Waals surface area contributed by atoms with E-state index in [1.54, 1.807) is 42.5 Å². The monoisotopic (exact) mass is 478 g/mol. The largest absolute Gasteiger partial charge is 0.426 e. The van der Waals surface area contributed by atoms with Crippen LogP contribution in [0.1, 0.15) is 19.8 Å². The van der Waals surface area contributed by atoms with Gasteiger partial charge in [-0.3, -0.25) is 19.2 Å². The van der Waals surface area contributed by atoms with Crippen molar-refractivity contribution in [1.29, 1.82) is 0 Å². The van der Waals surface area contributed by atoms with Crippen LogP contribution in [-0.4, -0.2) is 30.2 Å². The molecular weight excluding hydrogens is 456 g/mol. The summed E-state index contributed by atoms with van der Waals surface area (Å²) < 4.78 is 5.56. The van der Waals surface area contributed by atoms with Gasteiger partial charge in [0.25, 0.3) is 0 Å². The summed E-state index contributed by atoms with van der Waals surface area (Å²) in [5, 5.41) is 0.561. The van der Waals surface area contributed by atoms with Crippen molar-refractivity contribution in [1.82, 2.24) is 0 Å². The van der Waals surface area contributed by atoms with Gasteiger partial charge in [0.1, 0.15) is 5.75 Å². The van der Waals surface area contributed by atoms with Gasteiger partial charge < -0.3 is 9.64 Å². The molecule has 0 saturated carbocycles. The molecule has 8 heteroatoms. The summed E-state index contributed by atoms with van der Waals surface area (Å²) in [4.78, 5) is 54.1. The van der Waals surface area contributed by atoms with Crippen molar-refractivity contribution in [3.8, 4) is 5.75 Å². The molecule has 0 N–H and O–H groups in total.